The van der Waals surface area contributed by atoms with Gasteiger partial charge in [-0.1, -0.05) is 0 Å². The van der Waals surface area contributed by atoms with E-state index in [4.69, 9.17) is 0 Å². The molecule has 2 heterocycles. The highest BCUT2D eigenvalue weighted by atomic mass is 35.5. The van der Waals surface area contributed by atoms with E-state index in [1.54, 1.807) is 0 Å². The lowest BCUT2D eigenvalue weighted by molar-refractivity contribution is -0.138. The van der Waals surface area contributed by atoms with Gasteiger partial charge in [0.05, 0.1) is 0 Å². The summed E-state index contributed by atoms with van der Waals surface area (Å²) < 4.78 is 0. The molecule has 2 aliphatic rings. The average Bonchev–Trinajstić information content (AvgIpc) is 2.56. The molecular formula is C11H20ClN3O2. The van der Waals surface area contributed by atoms with Gasteiger partial charge in [-0.2, -0.15) is 0 Å². The molecule has 0 aromatic carbocycles. The van der Waals surface area contributed by atoms with E-state index in [1.807, 2.05) is 0 Å². The lowest BCUT2D eigenvalue weighted by atomic mass is 10.2. The molecule has 17 heavy (non-hydrogen) atoms. The molecule has 0 saturated carbocycles. The van der Waals surface area contributed by atoms with E-state index < -0.39 is 0 Å². The monoisotopic (exact) mass is 261 g/mol. The van der Waals surface area contributed by atoms with Crippen molar-refractivity contribution in [2.45, 2.75) is 25.8 Å². The minimum absolute atomic E-state index is 0. The number of carbonyl (C=O) groups excluding carboxylic acids is 2. The van der Waals surface area contributed by atoms with Crippen LogP contribution in [0.1, 0.15) is 19.8 Å². The maximum absolute atomic E-state index is 11.4. The van der Waals surface area contributed by atoms with Crippen molar-refractivity contribution in [2.75, 3.05) is 32.7 Å². The predicted molar refractivity (Wildman–Crippen MR) is 67.1 cm³/mol. The van der Waals surface area contributed by atoms with Crippen molar-refractivity contribution in [1.82, 2.24) is 15.1 Å². The fraction of sp³-hybridized carbons (Fsp3) is 0.818. The Morgan fingerprint density at radius 3 is 2.47 bits per heavy atom. The minimum atomic E-state index is -0.00631. The summed E-state index contributed by atoms with van der Waals surface area (Å²) in [6, 6.07) is 0.499. The summed E-state index contributed by atoms with van der Waals surface area (Å²) in [5.74, 6) is -0.0126. The first-order valence-electron chi connectivity index (χ1n) is 5.96. The molecule has 2 rings (SSSR count). The Labute approximate surface area is 108 Å². The zero-order chi connectivity index (χ0) is 11.5. The molecule has 2 saturated heterocycles. The topological polar surface area (TPSA) is 52.7 Å². The zero-order valence-corrected chi connectivity index (χ0v) is 11.0. The van der Waals surface area contributed by atoms with Gasteiger partial charge in [-0.05, 0) is 6.92 Å². The Balaban J connectivity index is 0.00000144. The number of imide groups is 1. The number of piperazine rings is 1. The second kappa shape index (κ2) is 6.33. The van der Waals surface area contributed by atoms with Crippen LogP contribution < -0.4 is 5.32 Å². The number of hydrogen-bond donors (Lipinski definition) is 1. The van der Waals surface area contributed by atoms with Crippen molar-refractivity contribution in [3.8, 4) is 0 Å². The smallest absolute Gasteiger partial charge is 0.229 e. The second-order valence-corrected chi connectivity index (χ2v) is 4.59. The van der Waals surface area contributed by atoms with Crippen LogP contribution in [-0.2, 0) is 9.59 Å². The fourth-order valence-electron chi connectivity index (χ4n) is 2.33. The van der Waals surface area contributed by atoms with E-state index in [0.717, 1.165) is 26.2 Å². The van der Waals surface area contributed by atoms with Gasteiger partial charge in [0, 0.05) is 51.6 Å². The van der Waals surface area contributed by atoms with E-state index in [0.29, 0.717) is 25.4 Å². The van der Waals surface area contributed by atoms with Crippen LogP contribution in [0, 0.1) is 0 Å². The minimum Gasteiger partial charge on any atom is -0.312 e. The molecule has 1 N–H and O–H groups in total. The molecule has 1 atom stereocenters. The maximum atomic E-state index is 11.4. The lowest BCUT2D eigenvalue weighted by Gasteiger charge is -2.32. The Hall–Kier alpha value is -0.650. The second-order valence-electron chi connectivity index (χ2n) is 4.59. The summed E-state index contributed by atoms with van der Waals surface area (Å²) in [5, 5.41) is 3.37. The highest BCUT2D eigenvalue weighted by Crippen LogP contribution is 2.11. The lowest BCUT2D eigenvalue weighted by Crippen LogP contribution is -2.51. The predicted octanol–water partition coefficient (Wildman–Crippen LogP) is -0.149. The van der Waals surface area contributed by atoms with Crippen LogP contribution >= 0.6 is 12.4 Å². The first-order chi connectivity index (χ1) is 7.66. The van der Waals surface area contributed by atoms with Crippen molar-refractivity contribution in [3.63, 3.8) is 0 Å². The van der Waals surface area contributed by atoms with Crippen molar-refractivity contribution >= 4 is 24.2 Å². The number of likely N-dealkylation sites (tertiary alicyclic amines) is 1. The van der Waals surface area contributed by atoms with Crippen LogP contribution in [0.3, 0.4) is 0 Å². The van der Waals surface area contributed by atoms with E-state index in [1.165, 1.54) is 4.90 Å². The molecule has 0 aromatic rings. The average molecular weight is 262 g/mol. The molecule has 0 aliphatic carbocycles. The highest BCUT2D eigenvalue weighted by molar-refractivity contribution is 6.01. The number of amides is 2. The standard InChI is InChI=1S/C11H19N3O2.ClH/c1-9-8-13(5-4-12-9)6-7-14-10(15)2-3-11(14)16;/h9,12H,2-8H2,1H3;1H. The molecule has 2 amide bonds. The van der Waals surface area contributed by atoms with E-state index in [2.05, 4.69) is 17.1 Å². The van der Waals surface area contributed by atoms with Gasteiger partial charge in [0.1, 0.15) is 0 Å². The van der Waals surface area contributed by atoms with Crippen LogP contribution in [0.25, 0.3) is 0 Å². The van der Waals surface area contributed by atoms with Crippen molar-refractivity contribution in [3.05, 3.63) is 0 Å². The van der Waals surface area contributed by atoms with Gasteiger partial charge in [0.15, 0.2) is 0 Å². The van der Waals surface area contributed by atoms with Crippen LogP contribution in [0.4, 0.5) is 0 Å². The summed E-state index contributed by atoms with van der Waals surface area (Å²) in [6.07, 6.45) is 0.799. The van der Waals surface area contributed by atoms with E-state index >= 15 is 0 Å². The highest BCUT2D eigenvalue weighted by Gasteiger charge is 2.29. The Morgan fingerprint density at radius 2 is 1.88 bits per heavy atom. The fourth-order valence-corrected chi connectivity index (χ4v) is 2.33. The molecule has 0 radical (unpaired) electrons. The molecule has 2 fully saturated rings. The number of hydrogen-bond acceptors (Lipinski definition) is 4. The first kappa shape index (κ1) is 14.4. The van der Waals surface area contributed by atoms with Gasteiger partial charge in [0.2, 0.25) is 11.8 Å². The molecule has 0 aromatic heterocycles. The number of carbonyl (C=O) groups is 2. The van der Waals surface area contributed by atoms with Crippen molar-refractivity contribution < 1.29 is 9.59 Å². The van der Waals surface area contributed by atoms with E-state index in [-0.39, 0.29) is 24.2 Å². The summed E-state index contributed by atoms with van der Waals surface area (Å²) >= 11 is 0. The molecule has 1 unspecified atom stereocenters. The maximum Gasteiger partial charge on any atom is 0.229 e. The molecule has 0 spiro atoms. The third-order valence-corrected chi connectivity index (χ3v) is 3.25. The number of nitrogens with one attached hydrogen (secondary N) is 1. The van der Waals surface area contributed by atoms with Crippen LogP contribution in [-0.4, -0.2) is 60.4 Å². The molecule has 6 heteroatoms. The quantitative estimate of drug-likeness (QED) is 0.718. The number of rotatable bonds is 3. The third-order valence-electron chi connectivity index (χ3n) is 3.25. The van der Waals surface area contributed by atoms with Gasteiger partial charge in [-0.3, -0.25) is 19.4 Å². The Bertz CT molecular complexity index is 282. The van der Waals surface area contributed by atoms with Gasteiger partial charge >= 0.3 is 0 Å². The van der Waals surface area contributed by atoms with Crippen LogP contribution in [0.5, 0.6) is 0 Å². The summed E-state index contributed by atoms with van der Waals surface area (Å²) in [5.41, 5.74) is 0. The Morgan fingerprint density at radius 1 is 1.24 bits per heavy atom. The number of halogens is 1. The number of nitrogens with zero attached hydrogens (tertiary/aromatic N) is 2. The van der Waals surface area contributed by atoms with Gasteiger partial charge in [-0.25, -0.2) is 0 Å². The first-order valence-corrected chi connectivity index (χ1v) is 5.96. The molecule has 2 aliphatic heterocycles. The molecular weight excluding hydrogens is 242 g/mol. The van der Waals surface area contributed by atoms with Crippen molar-refractivity contribution in [2.24, 2.45) is 0 Å². The molecule has 5 nitrogen and oxygen atoms in total. The zero-order valence-electron chi connectivity index (χ0n) is 10.1. The van der Waals surface area contributed by atoms with E-state index in [9.17, 15) is 9.59 Å². The van der Waals surface area contributed by atoms with Gasteiger partial charge in [0.25, 0.3) is 0 Å². The van der Waals surface area contributed by atoms with Crippen LogP contribution in [0.2, 0.25) is 0 Å². The summed E-state index contributed by atoms with van der Waals surface area (Å²) in [7, 11) is 0. The normalized spacial score (nSPS) is 26.2. The largest absolute Gasteiger partial charge is 0.312 e. The third kappa shape index (κ3) is 3.66. The molecule has 0 bridgehead atoms. The molecule has 98 valence electrons. The van der Waals surface area contributed by atoms with Crippen LogP contribution in [0.15, 0.2) is 0 Å². The SMILES string of the molecule is CC1CN(CCN2C(=O)CCC2=O)CCN1.Cl. The summed E-state index contributed by atoms with van der Waals surface area (Å²) in [6.45, 7) is 6.51. The summed E-state index contributed by atoms with van der Waals surface area (Å²) in [4.78, 5) is 26.5. The Kier molecular flexibility index (Phi) is 5.36. The van der Waals surface area contributed by atoms with Gasteiger partial charge < -0.3 is 5.32 Å². The van der Waals surface area contributed by atoms with Crippen molar-refractivity contribution in [1.29, 1.82) is 0 Å². The van der Waals surface area contributed by atoms with Gasteiger partial charge in [-0.15, -0.1) is 12.4 Å².